The molecule has 0 aliphatic carbocycles. The van der Waals surface area contributed by atoms with Crippen molar-refractivity contribution in [3.8, 4) is 11.5 Å². The minimum Gasteiger partial charge on any atom is -0.493 e. The van der Waals surface area contributed by atoms with Crippen molar-refractivity contribution in [2.24, 2.45) is 0 Å². The van der Waals surface area contributed by atoms with Crippen LogP contribution in [0.2, 0.25) is 0 Å². The van der Waals surface area contributed by atoms with Crippen molar-refractivity contribution in [2.75, 3.05) is 44.0 Å². The van der Waals surface area contributed by atoms with Crippen LogP contribution in [-0.4, -0.2) is 63.9 Å². The number of benzene rings is 2. The van der Waals surface area contributed by atoms with E-state index in [9.17, 15) is 9.18 Å². The van der Waals surface area contributed by atoms with Gasteiger partial charge in [0.15, 0.2) is 11.5 Å². The number of halogens is 1. The highest BCUT2D eigenvalue weighted by molar-refractivity contribution is 5.90. The Balaban J connectivity index is 1.21. The molecule has 0 unspecified atom stereocenters. The van der Waals surface area contributed by atoms with Gasteiger partial charge in [-0.05, 0) is 50.2 Å². The van der Waals surface area contributed by atoms with Crippen LogP contribution in [0.4, 0.5) is 21.7 Å². The lowest BCUT2D eigenvalue weighted by molar-refractivity contribution is -0.116. The molecular formula is C26H28FN7O3. The van der Waals surface area contributed by atoms with E-state index in [4.69, 9.17) is 9.47 Å². The number of nitrogens with zero attached hydrogens (tertiary/aromatic N) is 5. The van der Waals surface area contributed by atoms with E-state index in [1.165, 1.54) is 42.4 Å². The number of ether oxygens (including phenoxy) is 2. The molecule has 0 saturated carbocycles. The molecule has 5 rings (SSSR count). The first-order chi connectivity index (χ1) is 18.1. The van der Waals surface area contributed by atoms with Gasteiger partial charge in [-0.25, -0.2) is 14.4 Å². The predicted octanol–water partition coefficient (Wildman–Crippen LogP) is 3.83. The second kappa shape index (κ2) is 11.2. The molecule has 37 heavy (non-hydrogen) atoms. The molecule has 2 aromatic carbocycles. The van der Waals surface area contributed by atoms with E-state index in [1.807, 2.05) is 12.1 Å². The second-order valence-electron chi connectivity index (χ2n) is 8.76. The first-order valence-corrected chi connectivity index (χ1v) is 12.1. The maximum Gasteiger partial charge on any atom is 0.246 e. The molecule has 10 nitrogen and oxygen atoms in total. The molecule has 0 bridgehead atoms. The van der Waals surface area contributed by atoms with Crippen LogP contribution >= 0.6 is 0 Å². The van der Waals surface area contributed by atoms with Crippen LogP contribution in [0.3, 0.4) is 0 Å². The molecule has 1 aliphatic heterocycles. The van der Waals surface area contributed by atoms with Crippen LogP contribution in [0, 0.1) is 5.82 Å². The van der Waals surface area contributed by atoms with E-state index in [1.54, 1.807) is 31.8 Å². The van der Waals surface area contributed by atoms with Crippen molar-refractivity contribution in [3.63, 3.8) is 0 Å². The summed E-state index contributed by atoms with van der Waals surface area (Å²) in [4.78, 5) is 23.7. The number of rotatable bonds is 11. The standard InChI is InChI=1S/C26H28FN7O3/c1-36-23-11-18-14-28-26(32-22(18)13-24(23)37-10-4-9-33-7-3-8-33)31-21-15-29-34(16-21)17-25(35)30-20-6-2-5-19(27)12-20/h2,5-6,11-16H,3-4,7-10,17H2,1H3,(H,30,35)(H,28,31,32). The summed E-state index contributed by atoms with van der Waals surface area (Å²) in [6, 6.07) is 9.43. The Morgan fingerprint density at radius 3 is 2.81 bits per heavy atom. The van der Waals surface area contributed by atoms with Crippen molar-refractivity contribution in [2.45, 2.75) is 19.4 Å². The Bertz CT molecular complexity index is 1390. The van der Waals surface area contributed by atoms with Crippen LogP contribution in [0.1, 0.15) is 12.8 Å². The highest BCUT2D eigenvalue weighted by atomic mass is 19.1. The molecule has 0 spiro atoms. The smallest absolute Gasteiger partial charge is 0.246 e. The van der Waals surface area contributed by atoms with Gasteiger partial charge < -0.3 is 25.0 Å². The number of hydrogen-bond acceptors (Lipinski definition) is 8. The minimum atomic E-state index is -0.418. The fourth-order valence-electron chi connectivity index (χ4n) is 4.00. The lowest BCUT2D eigenvalue weighted by atomic mass is 10.2. The molecule has 2 aromatic heterocycles. The molecular weight excluding hydrogens is 477 g/mol. The van der Waals surface area contributed by atoms with Crippen LogP contribution in [0.5, 0.6) is 11.5 Å². The zero-order valence-electron chi connectivity index (χ0n) is 20.5. The lowest BCUT2D eigenvalue weighted by Crippen LogP contribution is -2.38. The molecule has 1 fully saturated rings. The van der Waals surface area contributed by atoms with E-state index >= 15 is 0 Å². The third-order valence-electron chi connectivity index (χ3n) is 5.99. The Kier molecular flexibility index (Phi) is 7.41. The fraction of sp³-hybridized carbons (Fsp3) is 0.308. The molecule has 192 valence electrons. The van der Waals surface area contributed by atoms with Gasteiger partial charge >= 0.3 is 0 Å². The highest BCUT2D eigenvalue weighted by Gasteiger charge is 2.14. The Labute approximate surface area is 213 Å². The third kappa shape index (κ3) is 6.31. The second-order valence-corrected chi connectivity index (χ2v) is 8.76. The summed E-state index contributed by atoms with van der Waals surface area (Å²) < 4.78 is 26.3. The summed E-state index contributed by atoms with van der Waals surface area (Å²) >= 11 is 0. The summed E-state index contributed by atoms with van der Waals surface area (Å²) in [5.41, 5.74) is 1.71. The number of fused-ring (bicyclic) bond motifs is 1. The topological polar surface area (TPSA) is 106 Å². The summed E-state index contributed by atoms with van der Waals surface area (Å²) in [5, 5.41) is 10.8. The Morgan fingerprint density at radius 1 is 1.14 bits per heavy atom. The van der Waals surface area contributed by atoms with Crippen molar-refractivity contribution in [1.82, 2.24) is 24.6 Å². The lowest BCUT2D eigenvalue weighted by Gasteiger charge is -2.30. The number of methoxy groups -OCH3 is 1. The zero-order chi connectivity index (χ0) is 25.6. The summed E-state index contributed by atoms with van der Waals surface area (Å²) in [7, 11) is 1.61. The van der Waals surface area contributed by atoms with Gasteiger partial charge in [0.2, 0.25) is 11.9 Å². The predicted molar refractivity (Wildman–Crippen MR) is 138 cm³/mol. The van der Waals surface area contributed by atoms with Gasteiger partial charge in [-0.1, -0.05) is 6.07 Å². The van der Waals surface area contributed by atoms with Crippen LogP contribution in [0.25, 0.3) is 10.9 Å². The largest absolute Gasteiger partial charge is 0.493 e. The normalized spacial score (nSPS) is 13.2. The van der Waals surface area contributed by atoms with Gasteiger partial charge in [0.05, 0.1) is 31.1 Å². The number of hydrogen-bond donors (Lipinski definition) is 2. The number of aromatic nitrogens is 4. The maximum atomic E-state index is 13.3. The van der Waals surface area contributed by atoms with Gasteiger partial charge in [0.1, 0.15) is 12.4 Å². The van der Waals surface area contributed by atoms with Gasteiger partial charge in [-0.3, -0.25) is 9.48 Å². The maximum absolute atomic E-state index is 13.3. The molecule has 2 N–H and O–H groups in total. The molecule has 1 saturated heterocycles. The number of carbonyl (C=O) groups excluding carboxylic acids is 1. The third-order valence-corrected chi connectivity index (χ3v) is 5.99. The zero-order valence-corrected chi connectivity index (χ0v) is 20.5. The molecule has 0 atom stereocenters. The number of nitrogens with one attached hydrogen (secondary N) is 2. The Morgan fingerprint density at radius 2 is 2.03 bits per heavy atom. The summed E-state index contributed by atoms with van der Waals surface area (Å²) in [6.07, 6.45) is 7.17. The number of amides is 1. The minimum absolute atomic E-state index is 0.0327. The van der Waals surface area contributed by atoms with Crippen molar-refractivity contribution >= 4 is 34.1 Å². The van der Waals surface area contributed by atoms with E-state index in [0.29, 0.717) is 40.9 Å². The average molecular weight is 506 g/mol. The first kappa shape index (κ1) is 24.4. The molecule has 3 heterocycles. The molecule has 0 radical (unpaired) electrons. The van der Waals surface area contributed by atoms with E-state index in [2.05, 4.69) is 30.6 Å². The number of likely N-dealkylation sites (tertiary alicyclic amines) is 1. The van der Waals surface area contributed by atoms with E-state index in [0.717, 1.165) is 18.4 Å². The van der Waals surface area contributed by atoms with Crippen LogP contribution in [-0.2, 0) is 11.3 Å². The number of carbonyl (C=O) groups is 1. The Hall–Kier alpha value is -4.25. The molecule has 1 amide bonds. The van der Waals surface area contributed by atoms with Gasteiger partial charge in [-0.15, -0.1) is 0 Å². The quantitative estimate of drug-likeness (QED) is 0.296. The first-order valence-electron chi connectivity index (χ1n) is 12.1. The molecule has 1 aliphatic rings. The molecule has 11 heteroatoms. The molecule has 4 aromatic rings. The van der Waals surface area contributed by atoms with Gasteiger partial charge in [0.25, 0.3) is 0 Å². The fourth-order valence-corrected chi connectivity index (χ4v) is 4.00. The van der Waals surface area contributed by atoms with Crippen molar-refractivity contribution < 1.29 is 18.7 Å². The summed E-state index contributed by atoms with van der Waals surface area (Å²) in [6.45, 7) is 3.95. The van der Waals surface area contributed by atoms with Crippen LogP contribution < -0.4 is 20.1 Å². The van der Waals surface area contributed by atoms with Crippen molar-refractivity contribution in [3.05, 3.63) is 60.8 Å². The monoisotopic (exact) mass is 505 g/mol. The number of anilines is 3. The van der Waals surface area contributed by atoms with E-state index in [-0.39, 0.29) is 12.5 Å². The van der Waals surface area contributed by atoms with E-state index < -0.39 is 5.82 Å². The average Bonchev–Trinajstić information content (AvgIpc) is 3.28. The highest BCUT2D eigenvalue weighted by Crippen LogP contribution is 2.32. The van der Waals surface area contributed by atoms with Crippen LogP contribution in [0.15, 0.2) is 55.0 Å². The van der Waals surface area contributed by atoms with Gasteiger partial charge in [-0.2, -0.15) is 5.10 Å². The van der Waals surface area contributed by atoms with Gasteiger partial charge in [0, 0.05) is 36.1 Å². The van der Waals surface area contributed by atoms with Crippen molar-refractivity contribution in [1.29, 1.82) is 0 Å². The summed E-state index contributed by atoms with van der Waals surface area (Å²) in [5.74, 6) is 0.913. The SMILES string of the molecule is COc1cc2cnc(Nc3cnn(CC(=O)Nc4cccc(F)c4)c3)nc2cc1OCCCN1CCC1.